The SMILES string of the molecule is Cc1ccc(N2CCN(c3cccc(-c4c(C(=O)NS(C)(=O)=O)c(C)n(C(C)C)c4-c4ccc(Cl)cc4)c3)CC2)cc1. The Hall–Kier alpha value is -3.75. The van der Waals surface area contributed by atoms with Gasteiger partial charge in [-0.25, -0.2) is 13.1 Å². The Kier molecular flexibility index (Phi) is 8.39. The van der Waals surface area contributed by atoms with Crippen molar-refractivity contribution in [2.45, 2.75) is 33.7 Å². The fourth-order valence-electron chi connectivity index (χ4n) is 5.86. The fraction of sp³-hybridized carbons (Fsp3) is 0.303. The molecule has 1 fully saturated rings. The Morgan fingerprint density at radius 1 is 0.833 bits per heavy atom. The number of sulfonamides is 1. The van der Waals surface area contributed by atoms with E-state index in [0.29, 0.717) is 21.8 Å². The maximum absolute atomic E-state index is 13.6. The van der Waals surface area contributed by atoms with Crippen LogP contribution in [-0.2, 0) is 10.0 Å². The van der Waals surface area contributed by atoms with Crippen LogP contribution in [0.15, 0.2) is 72.8 Å². The summed E-state index contributed by atoms with van der Waals surface area (Å²) in [5, 5.41) is 0.612. The first-order chi connectivity index (χ1) is 19.9. The molecule has 4 aromatic rings. The Labute approximate surface area is 253 Å². The van der Waals surface area contributed by atoms with Gasteiger partial charge in [-0.3, -0.25) is 4.79 Å². The lowest BCUT2D eigenvalue weighted by Gasteiger charge is -2.37. The Morgan fingerprint density at radius 3 is 2.00 bits per heavy atom. The number of benzene rings is 3. The molecule has 1 N–H and O–H groups in total. The quantitative estimate of drug-likeness (QED) is 0.254. The summed E-state index contributed by atoms with van der Waals surface area (Å²) >= 11 is 6.23. The minimum Gasteiger partial charge on any atom is -0.368 e. The average molecular weight is 605 g/mol. The molecule has 3 aromatic carbocycles. The van der Waals surface area contributed by atoms with E-state index >= 15 is 0 Å². The molecule has 0 saturated carbocycles. The summed E-state index contributed by atoms with van der Waals surface area (Å²) in [5.74, 6) is -0.642. The van der Waals surface area contributed by atoms with E-state index in [1.807, 2.05) is 43.3 Å². The highest BCUT2D eigenvalue weighted by Gasteiger charge is 2.30. The van der Waals surface area contributed by atoms with Crippen molar-refractivity contribution in [2.24, 2.45) is 0 Å². The van der Waals surface area contributed by atoms with Crippen LogP contribution >= 0.6 is 11.6 Å². The molecule has 0 bridgehead atoms. The summed E-state index contributed by atoms with van der Waals surface area (Å²) in [6.07, 6.45) is 0.996. The van der Waals surface area contributed by atoms with E-state index in [2.05, 4.69) is 76.3 Å². The van der Waals surface area contributed by atoms with Crippen molar-refractivity contribution in [1.29, 1.82) is 0 Å². The summed E-state index contributed by atoms with van der Waals surface area (Å²) in [5.41, 5.74) is 7.86. The molecule has 1 aromatic heterocycles. The molecule has 0 spiro atoms. The number of amides is 1. The van der Waals surface area contributed by atoms with Crippen molar-refractivity contribution in [2.75, 3.05) is 42.2 Å². The van der Waals surface area contributed by atoms with Crippen LogP contribution in [0.4, 0.5) is 11.4 Å². The van der Waals surface area contributed by atoms with Crippen LogP contribution in [0.1, 0.15) is 41.5 Å². The highest BCUT2D eigenvalue weighted by Crippen LogP contribution is 2.42. The van der Waals surface area contributed by atoms with Crippen molar-refractivity contribution in [3.8, 4) is 22.4 Å². The number of hydrogen-bond acceptors (Lipinski definition) is 5. The molecular weight excluding hydrogens is 568 g/mol. The number of nitrogens with one attached hydrogen (secondary N) is 1. The first kappa shape index (κ1) is 29.7. The average Bonchev–Trinajstić information content (AvgIpc) is 3.26. The van der Waals surface area contributed by atoms with Crippen molar-refractivity contribution in [1.82, 2.24) is 9.29 Å². The van der Waals surface area contributed by atoms with Gasteiger partial charge in [-0.05, 0) is 75.2 Å². The standard InChI is InChI=1S/C33H37ClN4O3S/c1-22(2)38-24(4)30(33(39)35-42(5,40)41)31(32(38)25-11-13-27(34)14-12-25)26-7-6-8-29(21-26)37-19-17-36(18-20-37)28-15-9-23(3)10-16-28/h6-16,21-22H,17-20H2,1-5H3,(H,35,39). The van der Waals surface area contributed by atoms with Crippen LogP contribution in [0, 0.1) is 13.8 Å². The molecule has 2 heterocycles. The number of carbonyl (C=O) groups excluding carboxylic acids is 1. The van der Waals surface area contributed by atoms with Gasteiger partial charge in [-0.15, -0.1) is 0 Å². The van der Waals surface area contributed by atoms with Crippen LogP contribution in [0.3, 0.4) is 0 Å². The third-order valence-corrected chi connectivity index (χ3v) is 8.58. The third-order valence-electron chi connectivity index (χ3n) is 7.77. The van der Waals surface area contributed by atoms with Gasteiger partial charge in [0.1, 0.15) is 0 Å². The summed E-state index contributed by atoms with van der Waals surface area (Å²) in [6, 6.07) is 24.4. The van der Waals surface area contributed by atoms with Crippen molar-refractivity contribution in [3.63, 3.8) is 0 Å². The van der Waals surface area contributed by atoms with Gasteiger partial charge < -0.3 is 14.4 Å². The van der Waals surface area contributed by atoms with Crippen LogP contribution in [-0.4, -0.2) is 51.3 Å². The Balaban J connectivity index is 1.59. The molecule has 220 valence electrons. The summed E-state index contributed by atoms with van der Waals surface area (Å²) < 4.78 is 28.6. The van der Waals surface area contributed by atoms with Gasteiger partial charge in [0, 0.05) is 59.9 Å². The van der Waals surface area contributed by atoms with Crippen molar-refractivity contribution < 1.29 is 13.2 Å². The number of hydrogen-bond donors (Lipinski definition) is 1. The van der Waals surface area contributed by atoms with E-state index in [9.17, 15) is 13.2 Å². The van der Waals surface area contributed by atoms with Crippen LogP contribution in [0.2, 0.25) is 5.02 Å². The minimum absolute atomic E-state index is 0.00671. The van der Waals surface area contributed by atoms with E-state index in [-0.39, 0.29) is 6.04 Å². The van der Waals surface area contributed by atoms with E-state index in [4.69, 9.17) is 11.6 Å². The van der Waals surface area contributed by atoms with Gasteiger partial charge in [-0.2, -0.15) is 0 Å². The lowest BCUT2D eigenvalue weighted by Crippen LogP contribution is -2.46. The molecule has 0 radical (unpaired) electrons. The predicted molar refractivity (Wildman–Crippen MR) is 173 cm³/mol. The van der Waals surface area contributed by atoms with E-state index < -0.39 is 15.9 Å². The number of aromatic nitrogens is 1. The normalized spacial score (nSPS) is 14.0. The second-order valence-electron chi connectivity index (χ2n) is 11.2. The zero-order chi connectivity index (χ0) is 30.2. The topological polar surface area (TPSA) is 74.7 Å². The lowest BCUT2D eigenvalue weighted by molar-refractivity contribution is 0.0981. The predicted octanol–water partition coefficient (Wildman–Crippen LogP) is 6.69. The van der Waals surface area contributed by atoms with E-state index in [1.54, 1.807) is 0 Å². The first-order valence-corrected chi connectivity index (χ1v) is 16.4. The van der Waals surface area contributed by atoms with Crippen molar-refractivity contribution in [3.05, 3.63) is 94.6 Å². The number of halogens is 1. The molecule has 0 aliphatic carbocycles. The lowest BCUT2D eigenvalue weighted by atomic mass is 9.96. The molecule has 0 atom stereocenters. The number of piperazine rings is 1. The van der Waals surface area contributed by atoms with E-state index in [0.717, 1.165) is 54.9 Å². The van der Waals surface area contributed by atoms with Gasteiger partial charge in [0.05, 0.1) is 17.5 Å². The van der Waals surface area contributed by atoms with Gasteiger partial charge in [-0.1, -0.05) is 53.6 Å². The van der Waals surface area contributed by atoms with Gasteiger partial charge in [0.25, 0.3) is 5.91 Å². The smallest absolute Gasteiger partial charge is 0.267 e. The van der Waals surface area contributed by atoms with Crippen LogP contribution in [0.25, 0.3) is 22.4 Å². The second-order valence-corrected chi connectivity index (χ2v) is 13.4. The molecule has 1 aliphatic heterocycles. The maximum Gasteiger partial charge on any atom is 0.267 e. The molecule has 5 rings (SSSR count). The minimum atomic E-state index is -3.78. The van der Waals surface area contributed by atoms with Crippen molar-refractivity contribution >= 4 is 38.9 Å². The zero-order valence-electron chi connectivity index (χ0n) is 24.7. The highest BCUT2D eigenvalue weighted by molar-refractivity contribution is 7.89. The Morgan fingerprint density at radius 2 is 1.43 bits per heavy atom. The number of nitrogens with zero attached hydrogens (tertiary/aromatic N) is 3. The van der Waals surface area contributed by atoms with Gasteiger partial charge >= 0.3 is 0 Å². The molecule has 1 saturated heterocycles. The second kappa shape index (κ2) is 11.9. The highest BCUT2D eigenvalue weighted by atomic mass is 35.5. The Bertz CT molecular complexity index is 1700. The van der Waals surface area contributed by atoms with E-state index in [1.165, 1.54) is 11.3 Å². The molecule has 42 heavy (non-hydrogen) atoms. The van der Waals surface area contributed by atoms with Crippen LogP contribution in [0.5, 0.6) is 0 Å². The summed E-state index contributed by atoms with van der Waals surface area (Å²) in [7, 11) is -3.78. The molecule has 0 unspecified atom stereocenters. The monoisotopic (exact) mass is 604 g/mol. The molecule has 9 heteroatoms. The maximum atomic E-state index is 13.6. The number of rotatable bonds is 7. The number of carbonyl (C=O) groups is 1. The molecule has 1 amide bonds. The summed E-state index contributed by atoms with van der Waals surface area (Å²) in [6.45, 7) is 11.6. The van der Waals surface area contributed by atoms with Gasteiger partial charge in [0.15, 0.2) is 0 Å². The third kappa shape index (κ3) is 6.20. The molecular formula is C33H37ClN4O3S. The van der Waals surface area contributed by atoms with Gasteiger partial charge in [0.2, 0.25) is 10.0 Å². The molecule has 7 nitrogen and oxygen atoms in total. The number of aryl methyl sites for hydroxylation is 1. The zero-order valence-corrected chi connectivity index (χ0v) is 26.3. The summed E-state index contributed by atoms with van der Waals surface area (Å²) in [4.78, 5) is 18.3. The van der Waals surface area contributed by atoms with Crippen LogP contribution < -0.4 is 14.5 Å². The molecule has 1 aliphatic rings. The number of anilines is 2. The first-order valence-electron chi connectivity index (χ1n) is 14.1. The largest absolute Gasteiger partial charge is 0.368 e. The fourth-order valence-corrected chi connectivity index (χ4v) is 6.42.